The Morgan fingerprint density at radius 1 is 1.08 bits per heavy atom. The molecule has 0 aliphatic carbocycles. The number of hydrogen-bond donors (Lipinski definition) is 1. The van der Waals surface area contributed by atoms with Crippen molar-refractivity contribution in [2.75, 3.05) is 18.6 Å². The lowest BCUT2D eigenvalue weighted by atomic mass is 10.1. The van der Waals surface area contributed by atoms with Gasteiger partial charge < -0.3 is 5.32 Å². The van der Waals surface area contributed by atoms with Gasteiger partial charge in [-0.25, -0.2) is 8.42 Å². The minimum atomic E-state index is -3.53. The Labute approximate surface area is 143 Å². The third-order valence-electron chi connectivity index (χ3n) is 3.89. The molecule has 1 atom stereocenters. The Morgan fingerprint density at radius 2 is 1.71 bits per heavy atom. The molecule has 0 saturated carbocycles. The molecule has 1 amide bonds. The van der Waals surface area contributed by atoms with Gasteiger partial charge >= 0.3 is 0 Å². The molecule has 2 rings (SSSR count). The maximum Gasteiger partial charge on any atom is 0.247 e. The molecule has 128 valence electrons. The van der Waals surface area contributed by atoms with E-state index in [2.05, 4.69) is 5.32 Å². The Bertz CT molecular complexity index is 833. The molecule has 0 heterocycles. The van der Waals surface area contributed by atoms with E-state index in [1.165, 1.54) is 7.05 Å². The first-order chi connectivity index (χ1) is 11.2. The van der Waals surface area contributed by atoms with Crippen LogP contribution in [0, 0.1) is 13.8 Å². The number of benzene rings is 2. The van der Waals surface area contributed by atoms with Crippen LogP contribution in [0.3, 0.4) is 0 Å². The third kappa shape index (κ3) is 4.21. The van der Waals surface area contributed by atoms with E-state index in [0.29, 0.717) is 11.3 Å². The van der Waals surface area contributed by atoms with Crippen molar-refractivity contribution in [2.24, 2.45) is 0 Å². The molecule has 1 unspecified atom stereocenters. The van der Waals surface area contributed by atoms with Crippen molar-refractivity contribution in [3.8, 4) is 0 Å². The normalized spacial score (nSPS) is 12.9. The summed E-state index contributed by atoms with van der Waals surface area (Å²) in [6, 6.07) is 13.6. The lowest BCUT2D eigenvalue weighted by Crippen LogP contribution is -2.38. The zero-order chi connectivity index (χ0) is 17.9. The number of anilines is 1. The van der Waals surface area contributed by atoms with Crippen LogP contribution in [0.2, 0.25) is 0 Å². The first kappa shape index (κ1) is 18.2. The van der Waals surface area contributed by atoms with Crippen molar-refractivity contribution in [1.82, 2.24) is 4.31 Å². The molecule has 0 saturated heterocycles. The number of amides is 1. The van der Waals surface area contributed by atoms with Crippen LogP contribution in [0.1, 0.15) is 22.7 Å². The molecule has 0 spiro atoms. The lowest BCUT2D eigenvalue weighted by Gasteiger charge is -2.26. The number of sulfonamides is 1. The van der Waals surface area contributed by atoms with Crippen molar-refractivity contribution < 1.29 is 13.2 Å². The average molecular weight is 346 g/mol. The predicted molar refractivity (Wildman–Crippen MR) is 96.3 cm³/mol. The second-order valence-corrected chi connectivity index (χ2v) is 7.94. The van der Waals surface area contributed by atoms with Gasteiger partial charge in [0.2, 0.25) is 15.9 Å². The maximum absolute atomic E-state index is 12.8. The molecule has 1 N–H and O–H groups in total. The van der Waals surface area contributed by atoms with Gasteiger partial charge in [0.1, 0.15) is 6.04 Å². The van der Waals surface area contributed by atoms with E-state index in [4.69, 9.17) is 0 Å². The fraction of sp³-hybridized carbons (Fsp3) is 0.278. The molecule has 0 bridgehead atoms. The fourth-order valence-electron chi connectivity index (χ4n) is 2.51. The number of likely N-dealkylation sites (N-methyl/N-ethyl adjacent to an activating group) is 1. The van der Waals surface area contributed by atoms with Crippen LogP contribution in [0.25, 0.3) is 0 Å². The number of hydrogen-bond acceptors (Lipinski definition) is 3. The summed E-state index contributed by atoms with van der Waals surface area (Å²) in [6.45, 7) is 3.88. The summed E-state index contributed by atoms with van der Waals surface area (Å²) in [7, 11) is -2.12. The van der Waals surface area contributed by atoms with Gasteiger partial charge in [-0.1, -0.05) is 48.0 Å². The number of aryl methyl sites for hydroxylation is 2. The van der Waals surface area contributed by atoms with E-state index in [0.717, 1.165) is 21.7 Å². The molecule has 0 aliphatic rings. The van der Waals surface area contributed by atoms with Crippen LogP contribution in [0.15, 0.2) is 48.5 Å². The molecular formula is C18H22N2O3S. The Balaban J connectivity index is 2.38. The topological polar surface area (TPSA) is 66.5 Å². The van der Waals surface area contributed by atoms with Gasteiger partial charge in [0.15, 0.2) is 0 Å². The highest BCUT2D eigenvalue weighted by molar-refractivity contribution is 7.88. The quantitative estimate of drug-likeness (QED) is 0.905. The summed E-state index contributed by atoms with van der Waals surface area (Å²) in [5.41, 5.74) is 3.32. The van der Waals surface area contributed by atoms with Crippen LogP contribution in [0.4, 0.5) is 5.69 Å². The second kappa shape index (κ2) is 7.15. The second-order valence-electron chi connectivity index (χ2n) is 5.90. The molecule has 2 aromatic rings. The van der Waals surface area contributed by atoms with Crippen LogP contribution in [-0.2, 0) is 14.8 Å². The average Bonchev–Trinajstić information content (AvgIpc) is 2.50. The molecule has 0 fully saturated rings. The van der Waals surface area contributed by atoms with Crippen molar-refractivity contribution in [1.29, 1.82) is 0 Å². The molecule has 0 aliphatic heterocycles. The summed E-state index contributed by atoms with van der Waals surface area (Å²) in [4.78, 5) is 12.8. The standard InChI is InChI=1S/C18H22N2O3S/c1-13-10-11-16(14(2)12-13)19-18(21)17(20(3)24(4,22)23)15-8-6-5-7-9-15/h5-12,17H,1-4H3,(H,19,21). The monoisotopic (exact) mass is 346 g/mol. The van der Waals surface area contributed by atoms with E-state index in [1.807, 2.05) is 38.1 Å². The van der Waals surface area contributed by atoms with Crippen LogP contribution < -0.4 is 5.32 Å². The molecule has 6 heteroatoms. The molecule has 5 nitrogen and oxygen atoms in total. The number of nitrogens with one attached hydrogen (secondary N) is 1. The predicted octanol–water partition coefficient (Wildman–Crippen LogP) is 2.87. The molecule has 0 aromatic heterocycles. The van der Waals surface area contributed by atoms with E-state index in [-0.39, 0.29) is 5.91 Å². The zero-order valence-electron chi connectivity index (χ0n) is 14.3. The first-order valence-corrected chi connectivity index (χ1v) is 9.41. The Hall–Kier alpha value is -2.18. The van der Waals surface area contributed by atoms with Crippen LogP contribution in [-0.4, -0.2) is 31.9 Å². The highest BCUT2D eigenvalue weighted by Crippen LogP contribution is 2.25. The number of carbonyl (C=O) groups is 1. The van der Waals surface area contributed by atoms with Gasteiger partial charge in [-0.05, 0) is 31.0 Å². The molecule has 2 aromatic carbocycles. The minimum Gasteiger partial charge on any atom is -0.324 e. The van der Waals surface area contributed by atoms with Crippen LogP contribution in [0.5, 0.6) is 0 Å². The van der Waals surface area contributed by atoms with Crippen LogP contribution >= 0.6 is 0 Å². The molecule has 24 heavy (non-hydrogen) atoms. The van der Waals surface area contributed by atoms with Gasteiger partial charge in [0, 0.05) is 12.7 Å². The number of nitrogens with zero attached hydrogens (tertiary/aromatic N) is 1. The van der Waals surface area contributed by atoms with Gasteiger partial charge in [0.25, 0.3) is 0 Å². The lowest BCUT2D eigenvalue weighted by molar-refractivity contribution is -0.119. The SMILES string of the molecule is Cc1ccc(NC(=O)C(c2ccccc2)N(C)S(C)(=O)=O)c(C)c1. The summed E-state index contributed by atoms with van der Waals surface area (Å²) in [5, 5.41) is 2.84. The van der Waals surface area contributed by atoms with E-state index >= 15 is 0 Å². The first-order valence-electron chi connectivity index (χ1n) is 7.56. The van der Waals surface area contributed by atoms with Gasteiger partial charge in [0.05, 0.1) is 6.26 Å². The highest BCUT2D eigenvalue weighted by atomic mass is 32.2. The summed E-state index contributed by atoms with van der Waals surface area (Å²) >= 11 is 0. The van der Waals surface area contributed by atoms with Crippen molar-refractivity contribution in [3.05, 3.63) is 65.2 Å². The Morgan fingerprint density at radius 3 is 2.25 bits per heavy atom. The summed E-state index contributed by atoms with van der Waals surface area (Å²) in [5.74, 6) is -0.388. The summed E-state index contributed by atoms with van der Waals surface area (Å²) < 4.78 is 25.0. The van der Waals surface area contributed by atoms with Gasteiger partial charge in [-0.2, -0.15) is 4.31 Å². The number of carbonyl (C=O) groups excluding carboxylic acids is 1. The van der Waals surface area contributed by atoms with Crippen molar-refractivity contribution in [3.63, 3.8) is 0 Å². The maximum atomic E-state index is 12.8. The number of rotatable bonds is 5. The largest absolute Gasteiger partial charge is 0.324 e. The zero-order valence-corrected chi connectivity index (χ0v) is 15.1. The van der Waals surface area contributed by atoms with Gasteiger partial charge in [-0.3, -0.25) is 4.79 Å². The van der Waals surface area contributed by atoms with E-state index < -0.39 is 16.1 Å². The molecule has 0 radical (unpaired) electrons. The van der Waals surface area contributed by atoms with E-state index in [9.17, 15) is 13.2 Å². The fourth-order valence-corrected chi connectivity index (χ4v) is 3.11. The smallest absolute Gasteiger partial charge is 0.247 e. The molecular weight excluding hydrogens is 324 g/mol. The van der Waals surface area contributed by atoms with Crippen molar-refractivity contribution in [2.45, 2.75) is 19.9 Å². The minimum absolute atomic E-state index is 0.388. The Kier molecular flexibility index (Phi) is 5.41. The summed E-state index contributed by atoms with van der Waals surface area (Å²) in [6.07, 6.45) is 1.09. The highest BCUT2D eigenvalue weighted by Gasteiger charge is 2.30. The van der Waals surface area contributed by atoms with E-state index in [1.54, 1.807) is 24.3 Å². The third-order valence-corrected chi connectivity index (χ3v) is 5.15. The van der Waals surface area contributed by atoms with Gasteiger partial charge in [-0.15, -0.1) is 0 Å². The van der Waals surface area contributed by atoms with Crippen molar-refractivity contribution >= 4 is 21.6 Å².